The minimum Gasteiger partial charge on any atom is -0.394 e. The molecular weight excluding hydrogens is 368 g/mol. The predicted molar refractivity (Wildman–Crippen MR) is 118 cm³/mol. The molecule has 0 saturated carbocycles. The minimum absolute atomic E-state index is 0.241. The first-order valence-electron chi connectivity index (χ1n) is 9.94. The molecule has 1 aliphatic heterocycles. The first kappa shape index (κ1) is 20.7. The van der Waals surface area contributed by atoms with Crippen LogP contribution in [0.15, 0.2) is 41.3 Å². The maximum absolute atomic E-state index is 9.53. The number of allylic oxidation sites excluding steroid dienone is 2. The van der Waals surface area contributed by atoms with E-state index in [0.717, 1.165) is 24.2 Å². The Bertz CT molecular complexity index is 882. The molecule has 5 heteroatoms. The molecule has 2 aromatic rings. The SMILES string of the molecule is C/C(=C(/C#N)SCCC(O)CO)c1ccc2cc(N3CCCCC3)ccc2c1. The topological polar surface area (TPSA) is 67.5 Å². The smallest absolute Gasteiger partial charge is 0.106 e. The van der Waals surface area contributed by atoms with Gasteiger partial charge in [-0.05, 0) is 72.7 Å². The lowest BCUT2D eigenvalue weighted by atomic mass is 10.0. The van der Waals surface area contributed by atoms with Crippen LogP contribution in [0.1, 0.15) is 38.2 Å². The molecule has 0 radical (unpaired) electrons. The third kappa shape index (κ3) is 5.08. The molecule has 1 saturated heterocycles. The quantitative estimate of drug-likeness (QED) is 0.672. The fraction of sp³-hybridized carbons (Fsp3) is 0.435. The largest absolute Gasteiger partial charge is 0.394 e. The molecule has 4 nitrogen and oxygen atoms in total. The van der Waals surface area contributed by atoms with Crippen LogP contribution in [0.3, 0.4) is 0 Å². The molecular formula is C23H28N2O2S. The Morgan fingerprint density at radius 3 is 2.57 bits per heavy atom. The van der Waals surface area contributed by atoms with Crippen molar-refractivity contribution in [3.05, 3.63) is 46.9 Å². The van der Waals surface area contributed by atoms with Gasteiger partial charge in [-0.1, -0.05) is 18.2 Å². The van der Waals surface area contributed by atoms with Crippen molar-refractivity contribution < 1.29 is 10.2 Å². The van der Waals surface area contributed by atoms with Crippen molar-refractivity contribution in [3.8, 4) is 6.07 Å². The average Bonchev–Trinajstić information content (AvgIpc) is 2.76. The van der Waals surface area contributed by atoms with Gasteiger partial charge in [-0.25, -0.2) is 0 Å². The highest BCUT2D eigenvalue weighted by molar-refractivity contribution is 8.03. The standard InChI is InChI=1S/C23H28N2O2S/c1-17(23(15-24)28-12-9-22(27)16-26)18-5-6-20-14-21(8-7-19(20)13-18)25-10-3-2-4-11-25/h5-8,13-14,22,26-27H,2-4,9-12,16H2,1H3/b23-17+. The molecule has 0 spiro atoms. The van der Waals surface area contributed by atoms with E-state index < -0.39 is 6.10 Å². The number of benzene rings is 2. The van der Waals surface area contributed by atoms with Gasteiger partial charge in [0.2, 0.25) is 0 Å². The van der Waals surface area contributed by atoms with Crippen LogP contribution in [0.25, 0.3) is 16.3 Å². The van der Waals surface area contributed by atoms with Gasteiger partial charge in [0, 0.05) is 24.5 Å². The molecule has 2 aromatic carbocycles. The molecule has 148 valence electrons. The molecule has 2 N–H and O–H groups in total. The summed E-state index contributed by atoms with van der Waals surface area (Å²) in [6.45, 7) is 4.00. The lowest BCUT2D eigenvalue weighted by molar-refractivity contribution is 0.0932. The summed E-state index contributed by atoms with van der Waals surface area (Å²) in [5.41, 5.74) is 3.29. The van der Waals surface area contributed by atoms with E-state index in [1.165, 1.54) is 47.5 Å². The lowest BCUT2D eigenvalue weighted by Gasteiger charge is -2.29. The van der Waals surface area contributed by atoms with Gasteiger partial charge in [-0.15, -0.1) is 11.8 Å². The number of nitrogens with zero attached hydrogens (tertiary/aromatic N) is 2. The van der Waals surface area contributed by atoms with Crippen molar-refractivity contribution in [1.82, 2.24) is 0 Å². The van der Waals surface area contributed by atoms with E-state index in [-0.39, 0.29) is 6.61 Å². The van der Waals surface area contributed by atoms with E-state index >= 15 is 0 Å². The summed E-state index contributed by atoms with van der Waals surface area (Å²) in [6, 6.07) is 15.3. The highest BCUT2D eigenvalue weighted by Crippen LogP contribution is 2.31. The molecule has 0 aliphatic carbocycles. The second-order valence-corrected chi connectivity index (χ2v) is 8.44. The molecule has 0 aromatic heterocycles. The number of nitriles is 1. The van der Waals surface area contributed by atoms with Crippen LogP contribution in [-0.2, 0) is 0 Å². The van der Waals surface area contributed by atoms with E-state index in [1.54, 1.807) is 0 Å². The number of piperidine rings is 1. The Morgan fingerprint density at radius 1 is 1.14 bits per heavy atom. The zero-order valence-corrected chi connectivity index (χ0v) is 17.2. The Balaban J connectivity index is 1.79. The molecule has 28 heavy (non-hydrogen) atoms. The van der Waals surface area contributed by atoms with Crippen molar-refractivity contribution in [2.45, 2.75) is 38.7 Å². The summed E-state index contributed by atoms with van der Waals surface area (Å²) in [6.07, 6.45) is 3.62. The van der Waals surface area contributed by atoms with Crippen LogP contribution < -0.4 is 4.90 Å². The van der Waals surface area contributed by atoms with Crippen LogP contribution in [0.4, 0.5) is 5.69 Å². The summed E-state index contributed by atoms with van der Waals surface area (Å²) in [4.78, 5) is 3.13. The maximum atomic E-state index is 9.53. The Kier molecular flexibility index (Phi) is 7.38. The van der Waals surface area contributed by atoms with E-state index in [9.17, 15) is 10.4 Å². The second-order valence-electron chi connectivity index (χ2n) is 7.33. The molecule has 3 rings (SSSR count). The van der Waals surface area contributed by atoms with E-state index in [4.69, 9.17) is 5.11 Å². The predicted octanol–water partition coefficient (Wildman–Crippen LogP) is 4.56. The fourth-order valence-electron chi connectivity index (χ4n) is 3.56. The third-order valence-corrected chi connectivity index (χ3v) is 6.45. The van der Waals surface area contributed by atoms with Gasteiger partial charge in [-0.3, -0.25) is 0 Å². The number of aliphatic hydroxyl groups excluding tert-OH is 2. The Morgan fingerprint density at radius 2 is 1.86 bits per heavy atom. The van der Waals surface area contributed by atoms with Crippen LogP contribution in [-0.4, -0.2) is 41.8 Å². The third-order valence-electron chi connectivity index (χ3n) is 5.33. The molecule has 1 fully saturated rings. The van der Waals surface area contributed by atoms with E-state index in [1.807, 2.05) is 6.92 Å². The summed E-state index contributed by atoms with van der Waals surface area (Å²) < 4.78 is 0. The average molecular weight is 397 g/mol. The van der Waals surface area contributed by atoms with Crippen molar-refractivity contribution >= 4 is 33.8 Å². The number of thioether (sulfide) groups is 1. The van der Waals surface area contributed by atoms with Crippen LogP contribution >= 0.6 is 11.8 Å². The summed E-state index contributed by atoms with van der Waals surface area (Å²) in [5, 5.41) is 30.3. The summed E-state index contributed by atoms with van der Waals surface area (Å²) in [7, 11) is 0. The monoisotopic (exact) mass is 396 g/mol. The second kappa shape index (κ2) is 9.97. The Labute approximate surface area is 171 Å². The van der Waals surface area contributed by atoms with Crippen molar-refractivity contribution in [2.24, 2.45) is 0 Å². The van der Waals surface area contributed by atoms with Gasteiger partial charge in [0.15, 0.2) is 0 Å². The van der Waals surface area contributed by atoms with Gasteiger partial charge in [0.25, 0.3) is 0 Å². The van der Waals surface area contributed by atoms with E-state index in [0.29, 0.717) is 17.1 Å². The van der Waals surface area contributed by atoms with Crippen molar-refractivity contribution in [2.75, 3.05) is 30.3 Å². The van der Waals surface area contributed by atoms with Crippen LogP contribution in [0.2, 0.25) is 0 Å². The highest BCUT2D eigenvalue weighted by Gasteiger charge is 2.12. The normalized spacial score (nSPS) is 16.6. The molecule has 0 bridgehead atoms. The number of rotatable bonds is 7. The van der Waals surface area contributed by atoms with E-state index in [2.05, 4.69) is 47.4 Å². The number of aliphatic hydroxyl groups is 2. The first-order chi connectivity index (χ1) is 13.6. The lowest BCUT2D eigenvalue weighted by Crippen LogP contribution is -2.29. The number of hydrogen-bond acceptors (Lipinski definition) is 5. The van der Waals surface area contributed by atoms with Gasteiger partial charge < -0.3 is 15.1 Å². The zero-order valence-electron chi connectivity index (χ0n) is 16.4. The van der Waals surface area contributed by atoms with Crippen LogP contribution in [0, 0.1) is 11.3 Å². The fourth-order valence-corrected chi connectivity index (χ4v) is 4.55. The van der Waals surface area contributed by atoms with Crippen LogP contribution in [0.5, 0.6) is 0 Å². The minimum atomic E-state index is -0.720. The van der Waals surface area contributed by atoms with Crippen molar-refractivity contribution in [1.29, 1.82) is 5.26 Å². The first-order valence-corrected chi connectivity index (χ1v) is 10.9. The molecule has 1 atom stereocenters. The maximum Gasteiger partial charge on any atom is 0.106 e. The molecule has 1 heterocycles. The van der Waals surface area contributed by atoms with Gasteiger partial charge >= 0.3 is 0 Å². The zero-order chi connectivity index (χ0) is 19.9. The number of fused-ring (bicyclic) bond motifs is 1. The summed E-state index contributed by atoms with van der Waals surface area (Å²) >= 11 is 1.44. The summed E-state index contributed by atoms with van der Waals surface area (Å²) in [5.74, 6) is 0.606. The Hall–Kier alpha value is -2.00. The van der Waals surface area contributed by atoms with Crippen molar-refractivity contribution in [3.63, 3.8) is 0 Å². The van der Waals surface area contributed by atoms with Gasteiger partial charge in [0.05, 0.1) is 17.6 Å². The number of anilines is 1. The van der Waals surface area contributed by atoms with Gasteiger partial charge in [0.1, 0.15) is 6.07 Å². The molecule has 1 unspecified atom stereocenters. The van der Waals surface area contributed by atoms with Gasteiger partial charge in [-0.2, -0.15) is 5.26 Å². The molecule has 0 amide bonds. The highest BCUT2D eigenvalue weighted by atomic mass is 32.2. The molecule has 1 aliphatic rings. The number of hydrogen-bond donors (Lipinski definition) is 2.